The lowest BCUT2D eigenvalue weighted by Crippen LogP contribution is -2.59. The van der Waals surface area contributed by atoms with E-state index in [0.29, 0.717) is 12.0 Å². The predicted molar refractivity (Wildman–Crippen MR) is 64.6 cm³/mol. The van der Waals surface area contributed by atoms with Gasteiger partial charge in [0.15, 0.2) is 0 Å². The molecule has 96 valence electrons. The van der Waals surface area contributed by atoms with Crippen molar-refractivity contribution in [3.05, 3.63) is 0 Å². The van der Waals surface area contributed by atoms with Crippen LogP contribution in [0.15, 0.2) is 0 Å². The molecule has 0 spiro atoms. The Balaban J connectivity index is 1.88. The molecule has 4 rings (SSSR count). The molecule has 0 aromatic rings. The van der Waals surface area contributed by atoms with Gasteiger partial charge in [0.2, 0.25) is 0 Å². The van der Waals surface area contributed by atoms with Crippen molar-refractivity contribution in [2.24, 2.45) is 11.8 Å². The summed E-state index contributed by atoms with van der Waals surface area (Å²) in [5.74, 6) is 1.50. The molecule has 0 aliphatic carbocycles. The van der Waals surface area contributed by atoms with Crippen molar-refractivity contribution in [1.82, 2.24) is 9.80 Å². The van der Waals surface area contributed by atoms with Gasteiger partial charge in [-0.05, 0) is 44.3 Å². The molecule has 4 heteroatoms. The van der Waals surface area contributed by atoms with Crippen LogP contribution in [0.3, 0.4) is 0 Å². The Kier molecular flexibility index (Phi) is 2.87. The number of ether oxygens (including phenoxy) is 1. The molecule has 4 heterocycles. The maximum atomic E-state index is 12.0. The maximum absolute atomic E-state index is 12.0. The van der Waals surface area contributed by atoms with Crippen LogP contribution in [0.4, 0.5) is 0 Å². The van der Waals surface area contributed by atoms with E-state index < -0.39 is 0 Å². The number of piperidine rings is 3. The molecule has 2 bridgehead atoms. The first-order valence-corrected chi connectivity index (χ1v) is 6.82. The van der Waals surface area contributed by atoms with Gasteiger partial charge in [-0.25, -0.2) is 0 Å². The molecule has 3 atom stereocenters. The quantitative estimate of drug-likeness (QED) is 0.659. The van der Waals surface area contributed by atoms with Crippen molar-refractivity contribution in [3.63, 3.8) is 0 Å². The fourth-order valence-electron chi connectivity index (χ4n) is 4.22. The van der Waals surface area contributed by atoms with E-state index in [1.807, 2.05) is 0 Å². The van der Waals surface area contributed by atoms with E-state index in [0.717, 1.165) is 19.0 Å². The summed E-state index contributed by atoms with van der Waals surface area (Å²) in [6.45, 7) is 6.54. The average Bonchev–Trinajstić information content (AvgIpc) is 2.80. The predicted octanol–water partition coefficient (Wildman–Crippen LogP) is 0.574. The van der Waals surface area contributed by atoms with E-state index in [2.05, 4.69) is 16.7 Å². The Morgan fingerprint density at radius 3 is 2.65 bits per heavy atom. The van der Waals surface area contributed by atoms with E-state index >= 15 is 0 Å². The van der Waals surface area contributed by atoms with Gasteiger partial charge in [-0.2, -0.15) is 0 Å². The molecule has 4 saturated heterocycles. The zero-order valence-corrected chi connectivity index (χ0v) is 10.8. The first kappa shape index (κ1) is 11.5. The lowest BCUT2D eigenvalue weighted by Gasteiger charge is -2.49. The lowest BCUT2D eigenvalue weighted by molar-refractivity contribution is -0.149. The highest BCUT2D eigenvalue weighted by molar-refractivity contribution is 5.77. The number of carbonyl (C=O) groups is 1. The van der Waals surface area contributed by atoms with Crippen LogP contribution in [0.2, 0.25) is 0 Å². The van der Waals surface area contributed by atoms with Crippen LogP contribution >= 0.6 is 0 Å². The summed E-state index contributed by atoms with van der Waals surface area (Å²) >= 11 is 0. The number of carbonyl (C=O) groups excluding carboxylic acids is 1. The van der Waals surface area contributed by atoms with Crippen LogP contribution in [0.5, 0.6) is 0 Å². The Bertz CT molecular complexity index is 313. The van der Waals surface area contributed by atoms with Crippen molar-refractivity contribution < 1.29 is 9.53 Å². The third kappa shape index (κ3) is 1.61. The highest BCUT2D eigenvalue weighted by atomic mass is 16.5. The number of fused-ring (bicyclic) bond motifs is 2. The molecule has 4 nitrogen and oxygen atoms in total. The molecule has 0 N–H and O–H groups in total. The van der Waals surface area contributed by atoms with Crippen LogP contribution < -0.4 is 0 Å². The molecule has 3 unspecified atom stereocenters. The second-order valence-electron chi connectivity index (χ2n) is 5.58. The van der Waals surface area contributed by atoms with Gasteiger partial charge in [-0.3, -0.25) is 14.6 Å². The van der Waals surface area contributed by atoms with E-state index in [-0.39, 0.29) is 12.0 Å². The van der Waals surface area contributed by atoms with Crippen molar-refractivity contribution in [1.29, 1.82) is 0 Å². The molecular formula is C13H22N2O2. The fourth-order valence-corrected chi connectivity index (χ4v) is 4.22. The summed E-state index contributed by atoms with van der Waals surface area (Å²) in [5, 5.41) is 0. The van der Waals surface area contributed by atoms with Gasteiger partial charge in [-0.1, -0.05) is 6.92 Å². The number of methoxy groups -OCH3 is 1. The summed E-state index contributed by atoms with van der Waals surface area (Å²) in [4.78, 5) is 16.9. The third-order valence-electron chi connectivity index (χ3n) is 5.05. The minimum absolute atomic E-state index is 0.0156. The fraction of sp³-hybridized carbons (Fsp3) is 0.923. The molecule has 4 aliphatic heterocycles. The van der Waals surface area contributed by atoms with E-state index in [4.69, 9.17) is 4.74 Å². The van der Waals surface area contributed by atoms with E-state index in [1.165, 1.54) is 33.0 Å². The van der Waals surface area contributed by atoms with Gasteiger partial charge in [0.1, 0.15) is 6.04 Å². The monoisotopic (exact) mass is 238 g/mol. The van der Waals surface area contributed by atoms with Gasteiger partial charge in [0, 0.05) is 12.6 Å². The maximum Gasteiger partial charge on any atom is 0.324 e. The Labute approximate surface area is 103 Å². The number of likely N-dealkylation sites (N-methyl/N-ethyl adjacent to an activating group) is 1. The summed E-state index contributed by atoms with van der Waals surface area (Å²) in [7, 11) is 1.51. The van der Waals surface area contributed by atoms with Gasteiger partial charge < -0.3 is 4.74 Å². The molecule has 4 aliphatic rings. The molecule has 0 aromatic heterocycles. The molecule has 0 radical (unpaired) electrons. The molecule has 0 amide bonds. The molecule has 17 heavy (non-hydrogen) atoms. The second-order valence-corrected chi connectivity index (χ2v) is 5.58. The Morgan fingerprint density at radius 2 is 2.06 bits per heavy atom. The lowest BCUT2D eigenvalue weighted by atomic mass is 9.74. The van der Waals surface area contributed by atoms with Gasteiger partial charge in [0.25, 0.3) is 0 Å². The molecule has 0 saturated carbocycles. The zero-order valence-electron chi connectivity index (χ0n) is 10.8. The van der Waals surface area contributed by atoms with Crippen LogP contribution in [-0.4, -0.2) is 61.1 Å². The largest absolute Gasteiger partial charge is 0.468 e. The second kappa shape index (κ2) is 4.25. The number of likely N-dealkylation sites (tertiary alicyclic amines) is 1. The van der Waals surface area contributed by atoms with Crippen LogP contribution in [0.25, 0.3) is 0 Å². The van der Waals surface area contributed by atoms with Crippen molar-refractivity contribution in [3.8, 4) is 0 Å². The van der Waals surface area contributed by atoms with Crippen LogP contribution in [0.1, 0.15) is 19.8 Å². The van der Waals surface area contributed by atoms with Gasteiger partial charge in [0.05, 0.1) is 7.11 Å². The number of hydrogen-bond acceptors (Lipinski definition) is 4. The Hall–Kier alpha value is -0.610. The zero-order chi connectivity index (χ0) is 12.0. The Morgan fingerprint density at radius 1 is 1.35 bits per heavy atom. The highest BCUT2D eigenvalue weighted by Gasteiger charge is 2.54. The summed E-state index contributed by atoms with van der Waals surface area (Å²) in [6.07, 6.45) is 2.65. The molecule has 4 fully saturated rings. The number of rotatable bonds is 2. The topological polar surface area (TPSA) is 32.8 Å². The van der Waals surface area contributed by atoms with E-state index in [9.17, 15) is 4.79 Å². The molecule has 0 aromatic carbocycles. The van der Waals surface area contributed by atoms with Crippen molar-refractivity contribution >= 4 is 5.97 Å². The number of hydrogen-bond donors (Lipinski definition) is 0. The SMILES string of the molecule is CCN1CC2C3CCN(CC3)C2C1C(=O)OC. The van der Waals surface area contributed by atoms with Crippen molar-refractivity contribution in [2.75, 3.05) is 33.3 Å². The van der Waals surface area contributed by atoms with Crippen LogP contribution in [0, 0.1) is 11.8 Å². The third-order valence-corrected chi connectivity index (χ3v) is 5.05. The van der Waals surface area contributed by atoms with Gasteiger partial charge in [-0.15, -0.1) is 0 Å². The van der Waals surface area contributed by atoms with E-state index in [1.54, 1.807) is 0 Å². The summed E-state index contributed by atoms with van der Waals surface area (Å²) in [5.41, 5.74) is 0. The first-order chi connectivity index (χ1) is 8.26. The normalized spacial score (nSPS) is 44.7. The summed E-state index contributed by atoms with van der Waals surface area (Å²) in [6, 6.07) is 0.410. The highest BCUT2D eigenvalue weighted by Crippen LogP contribution is 2.44. The smallest absolute Gasteiger partial charge is 0.324 e. The number of esters is 1. The van der Waals surface area contributed by atoms with Gasteiger partial charge >= 0.3 is 5.97 Å². The standard InChI is InChI=1S/C13H22N2O2/c1-3-14-8-10-9-4-6-15(7-5-9)11(10)12(14)13(16)17-2/h9-12H,3-8H2,1-2H3. The minimum Gasteiger partial charge on any atom is -0.468 e. The first-order valence-electron chi connectivity index (χ1n) is 6.82. The van der Waals surface area contributed by atoms with Crippen LogP contribution in [-0.2, 0) is 9.53 Å². The molecular weight excluding hydrogens is 216 g/mol. The summed E-state index contributed by atoms with van der Waals surface area (Å²) < 4.78 is 5.02. The van der Waals surface area contributed by atoms with Crippen molar-refractivity contribution in [2.45, 2.75) is 31.8 Å². The minimum atomic E-state index is -0.0353. The average molecular weight is 238 g/mol. The number of nitrogens with zero attached hydrogens (tertiary/aromatic N) is 2.